The fourth-order valence-corrected chi connectivity index (χ4v) is 4.00. The summed E-state index contributed by atoms with van der Waals surface area (Å²) in [7, 11) is 0. The molecule has 0 atom stereocenters. The number of fused-ring (bicyclic) bond motifs is 5. The molecule has 4 nitrogen and oxygen atoms in total. The van der Waals surface area contributed by atoms with Gasteiger partial charge in [0.25, 0.3) is 0 Å². The van der Waals surface area contributed by atoms with Crippen LogP contribution in [0.4, 0.5) is 0 Å². The number of ether oxygens (including phenoxy) is 1. The van der Waals surface area contributed by atoms with Crippen LogP contribution in [0.2, 0.25) is 0 Å². The van der Waals surface area contributed by atoms with E-state index >= 15 is 0 Å². The Morgan fingerprint density at radius 1 is 0.850 bits per heavy atom. The van der Waals surface area contributed by atoms with Crippen LogP contribution < -0.4 is 4.74 Å². The normalized spacial score (nSPS) is 12.2. The first-order valence-electron chi connectivity index (χ1n) is 13.2. The first-order chi connectivity index (χ1) is 18.3. The summed E-state index contributed by atoms with van der Waals surface area (Å²) in [6.07, 6.45) is 3.27. The summed E-state index contributed by atoms with van der Waals surface area (Å²) < 4.78 is 6.18. The fourth-order valence-electron chi connectivity index (χ4n) is 4.00. The maximum atomic E-state index is 11.5. The summed E-state index contributed by atoms with van der Waals surface area (Å²) in [6, 6.07) is 27.9. The third kappa shape index (κ3) is 7.15. The molecule has 0 unspecified atom stereocenters. The van der Waals surface area contributed by atoms with E-state index in [9.17, 15) is 9.90 Å². The van der Waals surface area contributed by atoms with Crippen molar-refractivity contribution < 1.29 is 34.7 Å². The third-order valence-electron chi connectivity index (χ3n) is 6.47. The number of aliphatic hydroxyl groups excluding tert-OH is 1. The van der Waals surface area contributed by atoms with Crippen molar-refractivity contribution in [2.24, 2.45) is 10.8 Å². The molecule has 1 N–H and O–H groups in total. The molecule has 0 fully saturated rings. The average molecular weight is 711 g/mol. The van der Waals surface area contributed by atoms with Gasteiger partial charge in [-0.1, -0.05) is 101 Å². The molecule has 5 rings (SSSR count). The Morgan fingerprint density at radius 2 is 1.55 bits per heavy atom. The van der Waals surface area contributed by atoms with Crippen LogP contribution in [0.3, 0.4) is 0 Å². The number of hydrogen-bond acceptors (Lipinski definition) is 4. The first kappa shape index (κ1) is 31.0. The number of allylic oxidation sites excluding steroid dienone is 2. The van der Waals surface area contributed by atoms with Gasteiger partial charge >= 0.3 is 0 Å². The number of carbonyl (C=O) groups excluding carboxylic acids is 1. The SMILES string of the molecule is CC(C)(C)C(=O)C=C(O)C(C)(C)C.Cc1cccc(-c2cnc3c(c2)-c2ccccc2Oc2ccc[c-]c2-3)c1.[Ir]. The monoisotopic (exact) mass is 711 g/mol. The van der Waals surface area contributed by atoms with Crippen LogP contribution in [0.5, 0.6) is 11.5 Å². The number of aliphatic hydroxyl groups is 1. The van der Waals surface area contributed by atoms with E-state index in [1.165, 1.54) is 17.2 Å². The molecule has 5 heteroatoms. The molecule has 2 heterocycles. The predicted molar refractivity (Wildman–Crippen MR) is 159 cm³/mol. The Morgan fingerprint density at radius 3 is 2.23 bits per heavy atom. The predicted octanol–water partition coefficient (Wildman–Crippen LogP) is 9.38. The zero-order valence-electron chi connectivity index (χ0n) is 24.1. The zero-order valence-corrected chi connectivity index (χ0v) is 26.5. The third-order valence-corrected chi connectivity index (χ3v) is 6.47. The Hall–Kier alpha value is -3.53. The quantitative estimate of drug-likeness (QED) is 0.113. The average Bonchev–Trinajstić information content (AvgIpc) is 3.02. The zero-order chi connectivity index (χ0) is 28.4. The minimum Gasteiger partial charge on any atom is -0.512 e. The molecule has 0 aliphatic carbocycles. The Labute approximate surface area is 251 Å². The van der Waals surface area contributed by atoms with Gasteiger partial charge in [0.2, 0.25) is 0 Å². The number of aryl methyl sites for hydroxylation is 1. The van der Waals surface area contributed by atoms with Gasteiger partial charge in [-0.15, -0.1) is 24.3 Å². The van der Waals surface area contributed by atoms with E-state index in [0.717, 1.165) is 39.4 Å². The molecular weight excluding hydrogens is 675 g/mol. The van der Waals surface area contributed by atoms with Gasteiger partial charge in [-0.2, -0.15) is 0 Å². The van der Waals surface area contributed by atoms with Crippen LogP contribution in [0.15, 0.2) is 90.8 Å². The Balaban J connectivity index is 0.000000272. The number of para-hydroxylation sites is 1. The second kappa shape index (κ2) is 12.3. The summed E-state index contributed by atoms with van der Waals surface area (Å²) in [5.41, 5.74) is 6.66. The van der Waals surface area contributed by atoms with Crippen molar-refractivity contribution in [1.29, 1.82) is 0 Å². The van der Waals surface area contributed by atoms with Crippen molar-refractivity contribution >= 4 is 5.78 Å². The number of benzene rings is 3. The molecule has 4 aromatic rings. The van der Waals surface area contributed by atoms with E-state index < -0.39 is 5.41 Å². The number of hydrogen-bond donors (Lipinski definition) is 1. The minimum atomic E-state index is -0.417. The molecule has 0 amide bonds. The van der Waals surface area contributed by atoms with Gasteiger partial charge in [0.05, 0.1) is 0 Å². The standard InChI is InChI=1S/C24H16NO.C11H20O2.Ir/c1-16-7-6-8-17(13-16)18-14-21-19-9-2-4-11-22(19)26-23-12-5-3-10-20(23)24(21)25-15-18;1-10(2,3)8(12)7-9(13)11(4,5)6;/h2-9,11-15H,1H3;7,12H,1-6H3;/q-1;;. The molecule has 0 bridgehead atoms. The molecule has 209 valence electrons. The molecule has 1 aliphatic heterocycles. The van der Waals surface area contributed by atoms with E-state index in [-0.39, 0.29) is 37.1 Å². The van der Waals surface area contributed by atoms with E-state index in [2.05, 4.69) is 49.4 Å². The maximum Gasteiger partial charge on any atom is 0.164 e. The van der Waals surface area contributed by atoms with Crippen LogP contribution in [-0.2, 0) is 24.9 Å². The van der Waals surface area contributed by atoms with Gasteiger partial charge in [0.1, 0.15) is 11.5 Å². The fraction of sp³-hybridized carbons (Fsp3) is 0.257. The summed E-state index contributed by atoms with van der Waals surface area (Å²) in [4.78, 5) is 16.3. The van der Waals surface area contributed by atoms with Crippen molar-refractivity contribution in [2.45, 2.75) is 48.5 Å². The van der Waals surface area contributed by atoms with Gasteiger partial charge in [-0.25, -0.2) is 0 Å². The maximum absolute atomic E-state index is 11.5. The van der Waals surface area contributed by atoms with Gasteiger partial charge in [-0.3, -0.25) is 4.79 Å². The molecule has 1 aromatic heterocycles. The van der Waals surface area contributed by atoms with Crippen molar-refractivity contribution in [3.05, 3.63) is 102 Å². The van der Waals surface area contributed by atoms with E-state index in [1.54, 1.807) is 0 Å². The second-order valence-electron chi connectivity index (χ2n) is 11.9. The van der Waals surface area contributed by atoms with E-state index in [0.29, 0.717) is 0 Å². The van der Waals surface area contributed by atoms with Gasteiger partial charge in [0.15, 0.2) is 5.78 Å². The summed E-state index contributed by atoms with van der Waals surface area (Å²) in [5, 5.41) is 9.56. The molecular formula is C35H36IrNO3-. The van der Waals surface area contributed by atoms with Gasteiger partial charge in [-0.05, 0) is 35.4 Å². The Bertz CT molecular complexity index is 1540. The number of ketones is 1. The Kier molecular flexibility index (Phi) is 9.55. The molecule has 0 spiro atoms. The topological polar surface area (TPSA) is 59.4 Å². The van der Waals surface area contributed by atoms with Crippen molar-refractivity contribution in [2.75, 3.05) is 0 Å². The number of nitrogens with zero attached hydrogens (tertiary/aromatic N) is 1. The summed E-state index contributed by atoms with van der Waals surface area (Å²) in [6.45, 7) is 13.2. The molecule has 0 saturated heterocycles. The number of rotatable bonds is 2. The largest absolute Gasteiger partial charge is 0.512 e. The number of carbonyl (C=O) groups is 1. The van der Waals surface area contributed by atoms with Crippen LogP contribution >= 0.6 is 0 Å². The van der Waals surface area contributed by atoms with Gasteiger partial charge in [0, 0.05) is 54.5 Å². The van der Waals surface area contributed by atoms with Crippen molar-refractivity contribution in [3.8, 4) is 45.0 Å². The van der Waals surface area contributed by atoms with Crippen molar-refractivity contribution in [1.82, 2.24) is 4.98 Å². The molecule has 3 aromatic carbocycles. The van der Waals surface area contributed by atoms with Crippen LogP contribution in [0.1, 0.15) is 47.1 Å². The second-order valence-corrected chi connectivity index (χ2v) is 11.9. The van der Waals surface area contributed by atoms with Crippen LogP contribution in [-0.4, -0.2) is 15.9 Å². The van der Waals surface area contributed by atoms with Crippen molar-refractivity contribution in [3.63, 3.8) is 0 Å². The molecule has 40 heavy (non-hydrogen) atoms. The first-order valence-corrected chi connectivity index (χ1v) is 13.2. The minimum absolute atomic E-state index is 0. The summed E-state index contributed by atoms with van der Waals surface area (Å²) in [5.74, 6) is 1.73. The summed E-state index contributed by atoms with van der Waals surface area (Å²) >= 11 is 0. The van der Waals surface area contributed by atoms with Gasteiger partial charge < -0.3 is 14.8 Å². The molecule has 1 radical (unpaired) electrons. The van der Waals surface area contributed by atoms with E-state index in [4.69, 9.17) is 9.72 Å². The molecule has 0 saturated carbocycles. The number of aromatic nitrogens is 1. The van der Waals surface area contributed by atoms with E-state index in [1.807, 2.05) is 84.1 Å². The van der Waals surface area contributed by atoms with Crippen LogP contribution in [0.25, 0.3) is 33.5 Å². The van der Waals surface area contributed by atoms with Crippen LogP contribution in [0, 0.1) is 23.8 Å². The molecule has 1 aliphatic rings. The smallest absolute Gasteiger partial charge is 0.164 e. The number of pyridine rings is 1.